The molecule has 0 saturated carbocycles. The van der Waals surface area contributed by atoms with Gasteiger partial charge in [-0.05, 0) is 43.7 Å². The van der Waals surface area contributed by atoms with Gasteiger partial charge in [0.05, 0.1) is 18.0 Å². The molecule has 0 aromatic carbocycles. The van der Waals surface area contributed by atoms with E-state index < -0.39 is 0 Å². The zero-order chi connectivity index (χ0) is 23.4. The van der Waals surface area contributed by atoms with Gasteiger partial charge in [-0.15, -0.1) is 0 Å². The average molecular weight is 439 g/mol. The van der Waals surface area contributed by atoms with Crippen molar-refractivity contribution >= 4 is 28.5 Å². The molecular formula is C24H30N4O4. The fraction of sp³-hybridized carbons (Fsp3) is 0.417. The van der Waals surface area contributed by atoms with Crippen molar-refractivity contribution in [3.63, 3.8) is 0 Å². The van der Waals surface area contributed by atoms with Crippen LogP contribution in [0.25, 0.3) is 22.1 Å². The van der Waals surface area contributed by atoms with Gasteiger partial charge in [0.15, 0.2) is 0 Å². The zero-order valence-electron chi connectivity index (χ0n) is 19.3. The molecular weight excluding hydrogens is 408 g/mol. The molecule has 170 valence electrons. The number of aromatic nitrogens is 2. The molecule has 1 atom stereocenters. The summed E-state index contributed by atoms with van der Waals surface area (Å²) in [5, 5.41) is 3.15. The number of hydrogen-bond acceptors (Lipinski definition) is 6. The lowest BCUT2D eigenvalue weighted by atomic mass is 10.1. The van der Waals surface area contributed by atoms with Crippen LogP contribution in [0.15, 0.2) is 39.8 Å². The van der Waals surface area contributed by atoms with Gasteiger partial charge < -0.3 is 14.3 Å². The number of furan rings is 1. The Morgan fingerprint density at radius 2 is 2.03 bits per heavy atom. The van der Waals surface area contributed by atoms with Gasteiger partial charge in [0, 0.05) is 38.3 Å². The highest BCUT2D eigenvalue weighted by Gasteiger charge is 2.22. The van der Waals surface area contributed by atoms with Crippen molar-refractivity contribution in [1.82, 2.24) is 14.5 Å². The van der Waals surface area contributed by atoms with E-state index in [0.29, 0.717) is 35.5 Å². The van der Waals surface area contributed by atoms with Crippen LogP contribution >= 0.6 is 0 Å². The number of ketones is 1. The first-order valence-corrected chi connectivity index (χ1v) is 10.9. The number of anilines is 1. The van der Waals surface area contributed by atoms with Crippen molar-refractivity contribution in [3.05, 3.63) is 46.7 Å². The highest BCUT2D eigenvalue weighted by molar-refractivity contribution is 5.93. The molecule has 32 heavy (non-hydrogen) atoms. The zero-order valence-corrected chi connectivity index (χ0v) is 19.3. The number of hydrogen-bond donors (Lipinski definition) is 1. The number of nitrogens with one attached hydrogen (secondary N) is 1. The Labute approximate surface area is 187 Å². The average Bonchev–Trinajstić information content (AvgIpc) is 3.18. The van der Waals surface area contributed by atoms with Gasteiger partial charge in [-0.25, -0.2) is 4.98 Å². The quantitative estimate of drug-likeness (QED) is 0.547. The molecule has 3 rings (SSSR count). The number of pyridine rings is 2. The van der Waals surface area contributed by atoms with Crippen LogP contribution in [0.2, 0.25) is 0 Å². The van der Waals surface area contributed by atoms with Gasteiger partial charge in [-0.2, -0.15) is 0 Å². The molecule has 0 aliphatic rings. The molecule has 1 N–H and O–H groups in total. The SMILES string of the molecule is CCCN(Cc1cc2c(=O)n(C)cc(-c3ccnc(NC(C)=O)c3)c2o1)C(C)C(=O)CC. The molecule has 0 fully saturated rings. The molecule has 0 spiro atoms. The van der Waals surface area contributed by atoms with Crippen LogP contribution in [0, 0.1) is 0 Å². The van der Waals surface area contributed by atoms with Crippen molar-refractivity contribution in [1.29, 1.82) is 0 Å². The second-order valence-corrected chi connectivity index (χ2v) is 7.99. The Balaban J connectivity index is 2.06. The number of carbonyl (C=O) groups excluding carboxylic acids is 2. The summed E-state index contributed by atoms with van der Waals surface area (Å²) < 4.78 is 7.69. The third-order valence-corrected chi connectivity index (χ3v) is 5.51. The predicted molar refractivity (Wildman–Crippen MR) is 124 cm³/mol. The summed E-state index contributed by atoms with van der Waals surface area (Å²) in [7, 11) is 1.69. The van der Waals surface area contributed by atoms with Gasteiger partial charge in [0.1, 0.15) is 22.9 Å². The van der Waals surface area contributed by atoms with Crippen molar-refractivity contribution in [2.45, 2.75) is 53.1 Å². The maximum atomic E-state index is 12.8. The third kappa shape index (κ3) is 4.96. The van der Waals surface area contributed by atoms with E-state index in [2.05, 4.69) is 22.1 Å². The van der Waals surface area contributed by atoms with Gasteiger partial charge in [0.25, 0.3) is 5.56 Å². The van der Waals surface area contributed by atoms with E-state index in [9.17, 15) is 14.4 Å². The van der Waals surface area contributed by atoms with Crippen LogP contribution in [0.5, 0.6) is 0 Å². The van der Waals surface area contributed by atoms with E-state index in [1.807, 2.05) is 13.8 Å². The van der Waals surface area contributed by atoms with E-state index in [0.717, 1.165) is 24.1 Å². The third-order valence-electron chi connectivity index (χ3n) is 5.51. The molecule has 3 heterocycles. The molecule has 1 amide bonds. The molecule has 0 aliphatic heterocycles. The van der Waals surface area contributed by atoms with Gasteiger partial charge in [0.2, 0.25) is 5.91 Å². The van der Waals surface area contributed by atoms with Crippen LogP contribution < -0.4 is 10.9 Å². The van der Waals surface area contributed by atoms with E-state index in [-0.39, 0.29) is 23.3 Å². The Hall–Kier alpha value is -3.26. The lowest BCUT2D eigenvalue weighted by molar-refractivity contribution is -0.123. The molecule has 0 aliphatic carbocycles. The number of Topliss-reactive ketones (excluding diaryl/α,β-unsaturated/α-hetero) is 1. The smallest absolute Gasteiger partial charge is 0.261 e. The van der Waals surface area contributed by atoms with E-state index >= 15 is 0 Å². The van der Waals surface area contributed by atoms with Crippen molar-refractivity contribution in [2.75, 3.05) is 11.9 Å². The number of nitrogens with zero attached hydrogens (tertiary/aromatic N) is 3. The van der Waals surface area contributed by atoms with E-state index in [1.165, 1.54) is 11.5 Å². The summed E-state index contributed by atoms with van der Waals surface area (Å²) in [4.78, 5) is 42.7. The Bertz CT molecular complexity index is 1190. The molecule has 0 radical (unpaired) electrons. The van der Waals surface area contributed by atoms with Gasteiger partial charge in [-0.3, -0.25) is 19.3 Å². The number of rotatable bonds is 9. The predicted octanol–water partition coefficient (Wildman–Crippen LogP) is 3.73. The maximum absolute atomic E-state index is 12.8. The van der Waals surface area contributed by atoms with Gasteiger partial charge in [-0.1, -0.05) is 13.8 Å². The minimum Gasteiger partial charge on any atom is -0.459 e. The maximum Gasteiger partial charge on any atom is 0.261 e. The monoisotopic (exact) mass is 438 g/mol. The number of aryl methyl sites for hydroxylation is 1. The number of carbonyl (C=O) groups is 2. The largest absolute Gasteiger partial charge is 0.459 e. The summed E-state index contributed by atoms with van der Waals surface area (Å²) in [6.45, 7) is 8.45. The Kier molecular flexibility index (Phi) is 7.25. The normalized spacial score (nSPS) is 12.3. The Morgan fingerprint density at radius 3 is 2.69 bits per heavy atom. The number of fused-ring (bicyclic) bond motifs is 1. The lowest BCUT2D eigenvalue weighted by Gasteiger charge is -2.26. The minimum atomic E-state index is -0.226. The summed E-state index contributed by atoms with van der Waals surface area (Å²) in [5.74, 6) is 1.01. The van der Waals surface area contributed by atoms with Crippen molar-refractivity contribution in [2.24, 2.45) is 7.05 Å². The molecule has 3 aromatic heterocycles. The number of amides is 1. The molecule has 0 saturated heterocycles. The second-order valence-electron chi connectivity index (χ2n) is 7.99. The van der Waals surface area contributed by atoms with E-state index in [4.69, 9.17) is 4.42 Å². The molecule has 3 aromatic rings. The Morgan fingerprint density at radius 1 is 1.28 bits per heavy atom. The topological polar surface area (TPSA) is 97.4 Å². The highest BCUT2D eigenvalue weighted by atomic mass is 16.3. The first-order chi connectivity index (χ1) is 15.2. The van der Waals surface area contributed by atoms with Crippen molar-refractivity contribution < 1.29 is 14.0 Å². The summed E-state index contributed by atoms with van der Waals surface area (Å²) >= 11 is 0. The van der Waals surface area contributed by atoms with Crippen LogP contribution in [0.1, 0.15) is 46.3 Å². The molecule has 1 unspecified atom stereocenters. The standard InChI is InChI=1S/C24H30N4O4/c1-6-10-28(15(3)21(30)7-2)13-18-12-19-23(32-18)20(14-27(5)24(19)31)17-8-9-25-22(11-17)26-16(4)29/h8-9,11-12,14-15H,6-7,10,13H2,1-5H3,(H,25,26,29). The lowest BCUT2D eigenvalue weighted by Crippen LogP contribution is -2.38. The van der Waals surface area contributed by atoms with Crippen LogP contribution in [0.3, 0.4) is 0 Å². The van der Waals surface area contributed by atoms with Crippen LogP contribution in [-0.2, 0) is 23.2 Å². The van der Waals surface area contributed by atoms with Crippen molar-refractivity contribution in [3.8, 4) is 11.1 Å². The van der Waals surface area contributed by atoms with Gasteiger partial charge >= 0.3 is 0 Å². The van der Waals surface area contributed by atoms with E-state index in [1.54, 1.807) is 37.6 Å². The fourth-order valence-corrected chi connectivity index (χ4v) is 3.83. The fourth-order valence-electron chi connectivity index (χ4n) is 3.83. The molecule has 8 nitrogen and oxygen atoms in total. The first-order valence-electron chi connectivity index (χ1n) is 10.9. The summed E-state index contributed by atoms with van der Waals surface area (Å²) in [6.07, 6.45) is 4.70. The van der Waals surface area contributed by atoms with Crippen LogP contribution in [0.4, 0.5) is 5.82 Å². The highest BCUT2D eigenvalue weighted by Crippen LogP contribution is 2.30. The summed E-state index contributed by atoms with van der Waals surface area (Å²) in [5.41, 5.74) is 1.82. The van der Waals surface area contributed by atoms with Crippen LogP contribution in [-0.4, -0.2) is 38.7 Å². The first kappa shape index (κ1) is 23.4. The minimum absolute atomic E-state index is 0.158. The summed E-state index contributed by atoms with van der Waals surface area (Å²) in [6, 6.07) is 5.09. The molecule has 8 heteroatoms. The molecule has 0 bridgehead atoms. The second kappa shape index (κ2) is 9.91.